The van der Waals surface area contributed by atoms with E-state index in [1.54, 1.807) is 43.1 Å². The molecule has 0 aromatic heterocycles. The number of anilines is 2. The second-order valence-electron chi connectivity index (χ2n) is 6.33. The molecule has 2 rings (SSSR count). The van der Waals surface area contributed by atoms with Crippen molar-refractivity contribution in [3.8, 4) is 6.07 Å². The summed E-state index contributed by atoms with van der Waals surface area (Å²) in [5.74, 6) is -0.389. The standard InChI is InChI=1S/C21H24N4O2/c1-4-17-7-5-6-8-19(17)24-20(26)14-25(3)15(2)21(27)23-18-11-9-16(13-22)10-12-18/h5-12,15H,4,14H2,1-3H3,(H,23,27)(H,24,26)/t15-/m1/s1. The molecule has 2 N–H and O–H groups in total. The lowest BCUT2D eigenvalue weighted by Crippen LogP contribution is -2.43. The fourth-order valence-corrected chi connectivity index (χ4v) is 2.58. The summed E-state index contributed by atoms with van der Waals surface area (Å²) in [5, 5.41) is 14.5. The summed E-state index contributed by atoms with van der Waals surface area (Å²) in [5.41, 5.74) is 3.01. The largest absolute Gasteiger partial charge is 0.325 e. The summed E-state index contributed by atoms with van der Waals surface area (Å²) in [4.78, 5) is 26.4. The molecule has 0 aliphatic carbocycles. The summed E-state index contributed by atoms with van der Waals surface area (Å²) in [6.07, 6.45) is 0.829. The van der Waals surface area contributed by atoms with Crippen molar-refractivity contribution < 1.29 is 9.59 Å². The van der Waals surface area contributed by atoms with E-state index in [4.69, 9.17) is 5.26 Å². The van der Waals surface area contributed by atoms with Gasteiger partial charge in [0.2, 0.25) is 11.8 Å². The molecule has 2 amide bonds. The fraction of sp³-hybridized carbons (Fsp3) is 0.286. The number of nitrogens with zero attached hydrogens (tertiary/aromatic N) is 2. The molecule has 6 nitrogen and oxygen atoms in total. The predicted octanol–water partition coefficient (Wildman–Crippen LogP) is 3.02. The van der Waals surface area contributed by atoms with E-state index in [0.717, 1.165) is 17.7 Å². The van der Waals surface area contributed by atoms with Gasteiger partial charge in [0.1, 0.15) is 0 Å². The average molecular weight is 364 g/mol. The van der Waals surface area contributed by atoms with E-state index in [1.807, 2.05) is 37.3 Å². The zero-order valence-electron chi connectivity index (χ0n) is 15.8. The van der Waals surface area contributed by atoms with E-state index >= 15 is 0 Å². The van der Waals surface area contributed by atoms with Crippen molar-refractivity contribution >= 4 is 23.2 Å². The van der Waals surface area contributed by atoms with Crippen LogP contribution >= 0.6 is 0 Å². The molecule has 6 heteroatoms. The predicted molar refractivity (Wildman–Crippen MR) is 106 cm³/mol. The first kappa shape index (κ1) is 20.1. The smallest absolute Gasteiger partial charge is 0.241 e. The minimum absolute atomic E-state index is 0.0972. The zero-order chi connectivity index (χ0) is 19.8. The molecule has 2 aromatic carbocycles. The van der Waals surface area contributed by atoms with Crippen molar-refractivity contribution in [2.24, 2.45) is 0 Å². The van der Waals surface area contributed by atoms with Gasteiger partial charge in [0.15, 0.2) is 0 Å². The van der Waals surface area contributed by atoms with Crippen LogP contribution in [-0.2, 0) is 16.0 Å². The number of carbonyl (C=O) groups is 2. The van der Waals surface area contributed by atoms with Gasteiger partial charge in [-0.05, 0) is 56.3 Å². The highest BCUT2D eigenvalue weighted by Gasteiger charge is 2.20. The number of rotatable bonds is 7. The van der Waals surface area contributed by atoms with Gasteiger partial charge in [-0.25, -0.2) is 0 Å². The molecule has 0 spiro atoms. The van der Waals surface area contributed by atoms with Crippen LogP contribution in [-0.4, -0.2) is 36.3 Å². The topological polar surface area (TPSA) is 85.2 Å². The minimum Gasteiger partial charge on any atom is -0.325 e. The molecule has 1 atom stereocenters. The number of aryl methyl sites for hydroxylation is 1. The van der Waals surface area contributed by atoms with Gasteiger partial charge in [-0.3, -0.25) is 14.5 Å². The second-order valence-corrected chi connectivity index (χ2v) is 6.33. The molecule has 0 aliphatic heterocycles. The van der Waals surface area contributed by atoms with E-state index in [-0.39, 0.29) is 18.4 Å². The number of hydrogen-bond donors (Lipinski definition) is 2. The number of hydrogen-bond acceptors (Lipinski definition) is 4. The number of likely N-dealkylation sites (N-methyl/N-ethyl adjacent to an activating group) is 1. The number of benzene rings is 2. The number of para-hydroxylation sites is 1. The Bertz CT molecular complexity index is 840. The number of nitrogens with one attached hydrogen (secondary N) is 2. The van der Waals surface area contributed by atoms with Crippen molar-refractivity contribution in [2.75, 3.05) is 24.2 Å². The van der Waals surface area contributed by atoms with Crippen LogP contribution < -0.4 is 10.6 Å². The Balaban J connectivity index is 1.91. The third kappa shape index (κ3) is 5.66. The molecule has 0 unspecified atom stereocenters. The van der Waals surface area contributed by atoms with Gasteiger partial charge < -0.3 is 10.6 Å². The highest BCUT2D eigenvalue weighted by Crippen LogP contribution is 2.15. The third-order valence-corrected chi connectivity index (χ3v) is 4.39. The first-order valence-electron chi connectivity index (χ1n) is 8.83. The van der Waals surface area contributed by atoms with Crippen LogP contribution in [0.15, 0.2) is 48.5 Å². The molecule has 0 aliphatic rings. The molecule has 0 heterocycles. The maximum absolute atomic E-state index is 12.4. The van der Waals surface area contributed by atoms with Crippen molar-refractivity contribution in [3.05, 3.63) is 59.7 Å². The molecule has 0 saturated heterocycles. The van der Waals surface area contributed by atoms with Crippen molar-refractivity contribution in [1.29, 1.82) is 5.26 Å². The van der Waals surface area contributed by atoms with Gasteiger partial charge in [0.05, 0.1) is 24.2 Å². The van der Waals surface area contributed by atoms with Crippen LogP contribution in [0.5, 0.6) is 0 Å². The Labute approximate surface area is 159 Å². The van der Waals surface area contributed by atoms with Gasteiger partial charge in [0.25, 0.3) is 0 Å². The first-order chi connectivity index (χ1) is 12.9. The Hall–Kier alpha value is -3.17. The molecular weight excluding hydrogens is 340 g/mol. The van der Waals surface area contributed by atoms with Crippen molar-refractivity contribution in [3.63, 3.8) is 0 Å². The summed E-state index contributed by atoms with van der Waals surface area (Å²) in [6.45, 7) is 3.87. The molecule has 2 aromatic rings. The normalized spacial score (nSPS) is 11.5. The van der Waals surface area contributed by atoms with Crippen LogP contribution in [0.2, 0.25) is 0 Å². The van der Waals surface area contributed by atoms with E-state index in [2.05, 4.69) is 10.6 Å². The number of carbonyl (C=O) groups excluding carboxylic acids is 2. The SMILES string of the molecule is CCc1ccccc1NC(=O)CN(C)[C@H](C)C(=O)Nc1ccc(C#N)cc1. The van der Waals surface area contributed by atoms with Crippen LogP contribution in [0, 0.1) is 11.3 Å². The monoisotopic (exact) mass is 364 g/mol. The lowest BCUT2D eigenvalue weighted by Gasteiger charge is -2.23. The number of amides is 2. The van der Waals surface area contributed by atoms with E-state index in [9.17, 15) is 9.59 Å². The van der Waals surface area contributed by atoms with Gasteiger partial charge in [-0.15, -0.1) is 0 Å². The molecule has 140 valence electrons. The highest BCUT2D eigenvalue weighted by molar-refractivity contribution is 5.96. The second kappa shape index (κ2) is 9.51. The Morgan fingerprint density at radius 1 is 1.11 bits per heavy atom. The third-order valence-electron chi connectivity index (χ3n) is 4.39. The minimum atomic E-state index is -0.493. The summed E-state index contributed by atoms with van der Waals surface area (Å²) in [6, 6.07) is 15.9. The summed E-state index contributed by atoms with van der Waals surface area (Å²) in [7, 11) is 1.73. The molecule has 0 fully saturated rings. The van der Waals surface area contributed by atoms with Gasteiger partial charge >= 0.3 is 0 Å². The van der Waals surface area contributed by atoms with E-state index < -0.39 is 6.04 Å². The summed E-state index contributed by atoms with van der Waals surface area (Å²) >= 11 is 0. The number of nitriles is 1. The Morgan fingerprint density at radius 2 is 1.78 bits per heavy atom. The molecule has 27 heavy (non-hydrogen) atoms. The fourth-order valence-electron chi connectivity index (χ4n) is 2.58. The maximum Gasteiger partial charge on any atom is 0.241 e. The van der Waals surface area contributed by atoms with E-state index in [1.165, 1.54) is 0 Å². The quantitative estimate of drug-likeness (QED) is 0.791. The molecule has 0 radical (unpaired) electrons. The zero-order valence-corrected chi connectivity index (χ0v) is 15.8. The molecule has 0 saturated carbocycles. The van der Waals surface area contributed by atoms with Crippen LogP contribution in [0.4, 0.5) is 11.4 Å². The van der Waals surface area contributed by atoms with Crippen LogP contribution in [0.25, 0.3) is 0 Å². The van der Waals surface area contributed by atoms with Gasteiger partial charge in [-0.1, -0.05) is 25.1 Å². The average Bonchev–Trinajstić information content (AvgIpc) is 2.68. The van der Waals surface area contributed by atoms with Gasteiger partial charge in [-0.2, -0.15) is 5.26 Å². The van der Waals surface area contributed by atoms with Crippen molar-refractivity contribution in [2.45, 2.75) is 26.3 Å². The van der Waals surface area contributed by atoms with Crippen molar-refractivity contribution in [1.82, 2.24) is 4.90 Å². The molecule has 0 bridgehead atoms. The maximum atomic E-state index is 12.4. The Morgan fingerprint density at radius 3 is 2.41 bits per heavy atom. The first-order valence-corrected chi connectivity index (χ1v) is 8.83. The lowest BCUT2D eigenvalue weighted by molar-refractivity contribution is -0.122. The van der Waals surface area contributed by atoms with Crippen LogP contribution in [0.1, 0.15) is 25.0 Å². The lowest BCUT2D eigenvalue weighted by atomic mass is 10.1. The summed E-state index contributed by atoms with van der Waals surface area (Å²) < 4.78 is 0. The Kier molecular flexibility index (Phi) is 7.09. The molecular formula is C21H24N4O2. The van der Waals surface area contributed by atoms with E-state index in [0.29, 0.717) is 11.3 Å². The van der Waals surface area contributed by atoms with Gasteiger partial charge in [0, 0.05) is 11.4 Å². The highest BCUT2D eigenvalue weighted by atomic mass is 16.2. The van der Waals surface area contributed by atoms with Crippen LogP contribution in [0.3, 0.4) is 0 Å².